The smallest absolute Gasteiger partial charge is 0.269 e. The van der Waals surface area contributed by atoms with E-state index in [1.54, 1.807) is 61.5 Å². The first kappa shape index (κ1) is 22.2. The molecule has 0 radical (unpaired) electrons. The third-order valence-corrected chi connectivity index (χ3v) is 5.85. The van der Waals surface area contributed by atoms with Crippen LogP contribution in [0.4, 0.5) is 11.4 Å². The van der Waals surface area contributed by atoms with E-state index in [0.717, 1.165) is 0 Å². The molecule has 4 N–H and O–H groups in total. The van der Waals surface area contributed by atoms with Crippen LogP contribution in [0.3, 0.4) is 0 Å². The molecule has 1 aliphatic heterocycles. The van der Waals surface area contributed by atoms with Crippen molar-refractivity contribution in [3.63, 3.8) is 0 Å². The molecule has 12 nitrogen and oxygen atoms in total. The molecule has 2 amide bonds. The molecule has 1 saturated heterocycles. The standard InChI is InChI=1S/C23H22N8O4/c1-30-7-6-23(34,22(30)33)18-9-16(29-35-18)13-4-3-5-14(8-13)21-25-11-17(19(28-21)20(24)32)27-15-10-26-31(2)12-15/h3-5,8-12,27,34H,6-7H2,1-2H3,(H2,24,32). The summed E-state index contributed by atoms with van der Waals surface area (Å²) in [6, 6.07) is 8.67. The number of aryl methyl sites for hydroxylation is 1. The minimum Gasteiger partial charge on any atom is -0.373 e. The van der Waals surface area contributed by atoms with Gasteiger partial charge < -0.3 is 25.6 Å². The van der Waals surface area contributed by atoms with Gasteiger partial charge in [0.25, 0.3) is 11.8 Å². The van der Waals surface area contributed by atoms with Gasteiger partial charge in [0.15, 0.2) is 17.3 Å². The summed E-state index contributed by atoms with van der Waals surface area (Å²) in [5, 5.41) is 22.0. The van der Waals surface area contributed by atoms with Gasteiger partial charge in [-0.05, 0) is 6.07 Å². The first-order chi connectivity index (χ1) is 16.7. The molecule has 1 atom stereocenters. The van der Waals surface area contributed by atoms with E-state index in [1.165, 1.54) is 11.1 Å². The number of aliphatic hydroxyl groups is 1. The first-order valence-corrected chi connectivity index (χ1v) is 10.7. The fourth-order valence-corrected chi connectivity index (χ4v) is 3.95. The number of likely N-dealkylation sites (tertiary alicyclic amines) is 1. The van der Waals surface area contributed by atoms with Crippen LogP contribution in [0.1, 0.15) is 22.7 Å². The predicted octanol–water partition coefficient (Wildman–Crippen LogP) is 1.42. The van der Waals surface area contributed by atoms with Crippen LogP contribution in [0.25, 0.3) is 22.6 Å². The quantitative estimate of drug-likeness (QED) is 0.375. The number of rotatable bonds is 6. The summed E-state index contributed by atoms with van der Waals surface area (Å²) in [7, 11) is 3.40. The number of carbonyl (C=O) groups excluding carboxylic acids is 2. The van der Waals surface area contributed by atoms with E-state index < -0.39 is 17.4 Å². The summed E-state index contributed by atoms with van der Waals surface area (Å²) in [6.07, 6.45) is 5.04. The van der Waals surface area contributed by atoms with Gasteiger partial charge in [-0.25, -0.2) is 9.97 Å². The monoisotopic (exact) mass is 474 g/mol. The van der Waals surface area contributed by atoms with E-state index in [4.69, 9.17) is 10.3 Å². The molecule has 0 aliphatic carbocycles. The fourth-order valence-electron chi connectivity index (χ4n) is 3.95. The average molecular weight is 474 g/mol. The maximum Gasteiger partial charge on any atom is 0.269 e. The normalized spacial score (nSPS) is 17.7. The number of carbonyl (C=O) groups is 2. The topological polar surface area (TPSA) is 165 Å². The van der Waals surface area contributed by atoms with Crippen molar-refractivity contribution in [2.45, 2.75) is 12.0 Å². The van der Waals surface area contributed by atoms with Gasteiger partial charge >= 0.3 is 0 Å². The van der Waals surface area contributed by atoms with Crippen molar-refractivity contribution in [2.24, 2.45) is 12.8 Å². The van der Waals surface area contributed by atoms with E-state index in [9.17, 15) is 14.7 Å². The largest absolute Gasteiger partial charge is 0.373 e. The fraction of sp³-hybridized carbons (Fsp3) is 0.217. The molecule has 1 aliphatic rings. The lowest BCUT2D eigenvalue weighted by atomic mass is 9.98. The van der Waals surface area contributed by atoms with Gasteiger partial charge in [0.1, 0.15) is 5.69 Å². The number of nitrogens with two attached hydrogens (primary N) is 1. The Morgan fingerprint density at radius 1 is 1.23 bits per heavy atom. The molecule has 4 aromatic rings. The van der Waals surface area contributed by atoms with Crippen LogP contribution in [0, 0.1) is 0 Å². The number of benzene rings is 1. The van der Waals surface area contributed by atoms with Crippen molar-refractivity contribution in [1.82, 2.24) is 29.8 Å². The maximum absolute atomic E-state index is 12.4. The third kappa shape index (κ3) is 3.99. The lowest BCUT2D eigenvalue weighted by Crippen LogP contribution is -2.35. The van der Waals surface area contributed by atoms with Gasteiger partial charge in [0.05, 0.1) is 23.8 Å². The summed E-state index contributed by atoms with van der Waals surface area (Å²) in [6.45, 7) is 0.423. The van der Waals surface area contributed by atoms with Gasteiger partial charge in [-0.15, -0.1) is 0 Å². The molecule has 178 valence electrons. The zero-order chi connectivity index (χ0) is 24.7. The first-order valence-electron chi connectivity index (χ1n) is 10.7. The highest BCUT2D eigenvalue weighted by molar-refractivity contribution is 5.97. The Bertz CT molecular complexity index is 1440. The molecule has 0 spiro atoms. The SMILES string of the molecule is CN1CCC(O)(c2cc(-c3cccc(-c4ncc(Nc5cnn(C)c5)c(C(N)=O)n4)c3)no2)C1=O. The number of hydrogen-bond acceptors (Lipinski definition) is 9. The number of hydrogen-bond donors (Lipinski definition) is 3. The zero-order valence-corrected chi connectivity index (χ0v) is 19.0. The van der Waals surface area contributed by atoms with Crippen molar-refractivity contribution < 1.29 is 19.2 Å². The predicted molar refractivity (Wildman–Crippen MR) is 124 cm³/mol. The van der Waals surface area contributed by atoms with E-state index in [0.29, 0.717) is 34.7 Å². The van der Waals surface area contributed by atoms with Crippen LogP contribution in [-0.4, -0.2) is 60.3 Å². The van der Waals surface area contributed by atoms with Crippen molar-refractivity contribution in [2.75, 3.05) is 18.9 Å². The number of amides is 2. The Labute approximate surface area is 199 Å². The Morgan fingerprint density at radius 3 is 2.71 bits per heavy atom. The summed E-state index contributed by atoms with van der Waals surface area (Å²) in [5.74, 6) is -0.768. The van der Waals surface area contributed by atoms with E-state index >= 15 is 0 Å². The van der Waals surface area contributed by atoms with Crippen molar-refractivity contribution in [3.05, 3.63) is 60.4 Å². The Morgan fingerprint density at radius 2 is 2.03 bits per heavy atom. The lowest BCUT2D eigenvalue weighted by Gasteiger charge is -2.16. The van der Waals surface area contributed by atoms with Gasteiger partial charge in [-0.3, -0.25) is 14.3 Å². The van der Waals surface area contributed by atoms with Crippen LogP contribution in [0.15, 0.2) is 53.4 Å². The Kier molecular flexibility index (Phi) is 5.29. The van der Waals surface area contributed by atoms with Gasteiger partial charge in [-0.1, -0.05) is 23.4 Å². The minimum atomic E-state index is -1.73. The number of primary amides is 1. The second-order valence-electron chi connectivity index (χ2n) is 8.34. The van der Waals surface area contributed by atoms with Crippen LogP contribution in [0.5, 0.6) is 0 Å². The van der Waals surface area contributed by atoms with Crippen molar-refractivity contribution in [3.8, 4) is 22.6 Å². The highest BCUT2D eigenvalue weighted by Crippen LogP contribution is 2.35. The molecule has 4 heterocycles. The molecule has 0 bridgehead atoms. The van der Waals surface area contributed by atoms with Crippen LogP contribution >= 0.6 is 0 Å². The van der Waals surface area contributed by atoms with Gasteiger partial charge in [-0.2, -0.15) is 5.10 Å². The van der Waals surface area contributed by atoms with E-state index in [-0.39, 0.29) is 23.7 Å². The molecule has 1 aromatic carbocycles. The number of likely N-dealkylation sites (N-methyl/N-ethyl adjacent to an activating group) is 1. The molecule has 5 rings (SSSR count). The number of nitrogens with zero attached hydrogens (tertiary/aromatic N) is 6. The summed E-state index contributed by atoms with van der Waals surface area (Å²) in [5.41, 5.74) is 6.57. The zero-order valence-electron chi connectivity index (χ0n) is 19.0. The van der Waals surface area contributed by atoms with Crippen molar-refractivity contribution in [1.29, 1.82) is 0 Å². The number of aromatic nitrogens is 5. The number of anilines is 2. The summed E-state index contributed by atoms with van der Waals surface area (Å²) < 4.78 is 6.95. The summed E-state index contributed by atoms with van der Waals surface area (Å²) >= 11 is 0. The van der Waals surface area contributed by atoms with Gasteiger partial charge in [0, 0.05) is 50.5 Å². The van der Waals surface area contributed by atoms with E-state index in [2.05, 4.69) is 25.5 Å². The van der Waals surface area contributed by atoms with Crippen molar-refractivity contribution >= 4 is 23.2 Å². The van der Waals surface area contributed by atoms with Crippen LogP contribution < -0.4 is 11.1 Å². The second-order valence-corrected chi connectivity index (χ2v) is 8.34. The molecule has 12 heteroatoms. The summed E-state index contributed by atoms with van der Waals surface area (Å²) in [4.78, 5) is 34.7. The third-order valence-electron chi connectivity index (χ3n) is 5.85. The molecule has 35 heavy (non-hydrogen) atoms. The Balaban J connectivity index is 1.45. The lowest BCUT2D eigenvalue weighted by molar-refractivity contribution is -0.144. The minimum absolute atomic E-state index is 0.0269. The van der Waals surface area contributed by atoms with Crippen LogP contribution in [0.2, 0.25) is 0 Å². The molecular formula is C23H22N8O4. The van der Waals surface area contributed by atoms with Gasteiger partial charge in [0.2, 0.25) is 5.60 Å². The van der Waals surface area contributed by atoms with E-state index in [1.807, 2.05) is 0 Å². The molecule has 1 fully saturated rings. The molecular weight excluding hydrogens is 452 g/mol. The maximum atomic E-state index is 12.4. The molecule has 3 aromatic heterocycles. The van der Waals surface area contributed by atoms with Crippen LogP contribution in [-0.2, 0) is 17.4 Å². The molecule has 1 unspecified atom stereocenters. The highest BCUT2D eigenvalue weighted by Gasteiger charge is 2.48. The number of nitrogens with one attached hydrogen (secondary N) is 1. The Hall–Kier alpha value is -4.58. The molecule has 0 saturated carbocycles. The second kappa shape index (κ2) is 8.33. The average Bonchev–Trinajstić information content (AvgIpc) is 3.57. The highest BCUT2D eigenvalue weighted by atomic mass is 16.5.